The van der Waals surface area contributed by atoms with Crippen molar-refractivity contribution < 1.29 is 9.50 Å². The van der Waals surface area contributed by atoms with Gasteiger partial charge in [-0.1, -0.05) is 50.4 Å². The molecular weight excluding hydrogens is 339 g/mol. The van der Waals surface area contributed by atoms with Gasteiger partial charge in [-0.3, -0.25) is 0 Å². The Labute approximate surface area is 162 Å². The van der Waals surface area contributed by atoms with Crippen molar-refractivity contribution in [3.63, 3.8) is 0 Å². The van der Waals surface area contributed by atoms with Gasteiger partial charge in [0.25, 0.3) is 0 Å². The zero-order chi connectivity index (χ0) is 19.8. The summed E-state index contributed by atoms with van der Waals surface area (Å²) in [5.74, 6) is 0.0539. The molecule has 1 saturated carbocycles. The summed E-state index contributed by atoms with van der Waals surface area (Å²) in [6.07, 6.45) is 13.5. The van der Waals surface area contributed by atoms with E-state index in [9.17, 15) is 9.50 Å². The Balaban J connectivity index is 2.25. The lowest BCUT2D eigenvalue weighted by atomic mass is 9.95. The van der Waals surface area contributed by atoms with Crippen LogP contribution in [0, 0.1) is 5.41 Å². The number of hydrogen-bond donors (Lipinski definition) is 1. The molecule has 0 bridgehead atoms. The van der Waals surface area contributed by atoms with E-state index in [1.165, 1.54) is 11.6 Å². The van der Waals surface area contributed by atoms with E-state index in [-0.39, 0.29) is 17.3 Å². The third kappa shape index (κ3) is 9.87. The topological polar surface area (TPSA) is 20.2 Å². The molecule has 1 aliphatic rings. The van der Waals surface area contributed by atoms with Crippen LogP contribution in [0.3, 0.4) is 0 Å². The zero-order valence-electron chi connectivity index (χ0n) is 18.0. The van der Waals surface area contributed by atoms with Crippen LogP contribution in [0.5, 0.6) is 0 Å². The van der Waals surface area contributed by atoms with Gasteiger partial charge in [-0.25, -0.2) is 4.39 Å². The fourth-order valence-corrected chi connectivity index (χ4v) is 3.87. The van der Waals surface area contributed by atoms with E-state index in [0.717, 1.165) is 50.5 Å². The summed E-state index contributed by atoms with van der Waals surface area (Å²) in [6, 6.07) is 1.20. The first-order valence-electron chi connectivity index (χ1n) is 10.4. The first-order chi connectivity index (χ1) is 12.0. The van der Waals surface area contributed by atoms with Crippen LogP contribution >= 0.6 is 0 Å². The Morgan fingerprint density at radius 2 is 1.73 bits per heavy atom. The van der Waals surface area contributed by atoms with Gasteiger partial charge in [0.1, 0.15) is 0 Å². The van der Waals surface area contributed by atoms with E-state index in [2.05, 4.69) is 51.7 Å². The summed E-state index contributed by atoms with van der Waals surface area (Å²) < 4.78 is 14.2. The molecule has 150 valence electrons. The van der Waals surface area contributed by atoms with Crippen molar-refractivity contribution in [2.45, 2.75) is 104 Å². The predicted octanol–water partition coefficient (Wildman–Crippen LogP) is 7.57. The van der Waals surface area contributed by atoms with Gasteiger partial charge in [0.05, 0.1) is 11.9 Å². The van der Waals surface area contributed by atoms with E-state index in [0.29, 0.717) is 6.42 Å². The maximum absolute atomic E-state index is 14.2. The fraction of sp³-hybridized carbons (Fsp3) is 0.739. The van der Waals surface area contributed by atoms with Crippen molar-refractivity contribution in [3.8, 4) is 0 Å². The van der Waals surface area contributed by atoms with Gasteiger partial charge in [0.15, 0.2) is 0 Å². The maximum atomic E-state index is 14.2. The van der Waals surface area contributed by atoms with Crippen molar-refractivity contribution in [2.24, 2.45) is 5.41 Å². The van der Waals surface area contributed by atoms with Crippen LogP contribution in [0.25, 0.3) is 0 Å². The Morgan fingerprint density at radius 1 is 1.08 bits per heavy atom. The van der Waals surface area contributed by atoms with Crippen molar-refractivity contribution in [1.82, 2.24) is 0 Å². The predicted molar refractivity (Wildman–Crippen MR) is 116 cm³/mol. The van der Waals surface area contributed by atoms with Gasteiger partial charge < -0.3 is 5.11 Å². The molecule has 0 saturated heterocycles. The number of aliphatic hydroxyl groups excluding tert-OH is 1. The summed E-state index contributed by atoms with van der Waals surface area (Å²) in [4.78, 5) is 0. The summed E-state index contributed by atoms with van der Waals surface area (Å²) in [5.41, 5.74) is 2.34. The van der Waals surface area contributed by atoms with Crippen molar-refractivity contribution in [2.75, 3.05) is 0 Å². The SMILES string of the molecule is C/C(CC/C=C\C[Si](C)(C)C)=C(/F)CC/C=C(\C)CCC(O)C1(C)CC1. The fourth-order valence-electron chi connectivity index (χ4n) is 2.99. The smallest absolute Gasteiger partial charge is 0.0991 e. The monoisotopic (exact) mass is 380 g/mol. The Kier molecular flexibility index (Phi) is 9.53. The summed E-state index contributed by atoms with van der Waals surface area (Å²) in [7, 11) is -1.00. The molecule has 0 spiro atoms. The number of hydrogen-bond acceptors (Lipinski definition) is 1. The first-order valence-corrected chi connectivity index (χ1v) is 14.1. The first kappa shape index (κ1) is 23.4. The van der Waals surface area contributed by atoms with Gasteiger partial charge in [-0.15, -0.1) is 0 Å². The normalized spacial score (nSPS) is 19.6. The highest BCUT2D eigenvalue weighted by molar-refractivity contribution is 6.76. The molecule has 1 fully saturated rings. The minimum atomic E-state index is -1.00. The molecule has 0 heterocycles. The molecule has 0 aromatic carbocycles. The molecule has 1 atom stereocenters. The molecule has 1 aliphatic carbocycles. The van der Waals surface area contributed by atoms with Gasteiger partial charge in [0.2, 0.25) is 0 Å². The second kappa shape index (κ2) is 10.6. The highest BCUT2D eigenvalue weighted by Gasteiger charge is 2.43. The number of allylic oxidation sites excluding steroid dienone is 6. The maximum Gasteiger partial charge on any atom is 0.0991 e. The largest absolute Gasteiger partial charge is 0.393 e. The van der Waals surface area contributed by atoms with Crippen LogP contribution in [0.2, 0.25) is 25.7 Å². The number of aliphatic hydroxyl groups is 1. The van der Waals surface area contributed by atoms with Crippen LogP contribution in [-0.4, -0.2) is 19.3 Å². The molecule has 3 heteroatoms. The quantitative estimate of drug-likeness (QED) is 0.273. The molecule has 1 unspecified atom stereocenters. The molecule has 0 amide bonds. The van der Waals surface area contributed by atoms with Gasteiger partial charge in [-0.05, 0) is 75.8 Å². The minimum absolute atomic E-state index is 0.0539. The standard InChI is InChI=1S/C23H41FOSi/c1-19(14-15-22(25)23(3)16-17-23)11-10-13-21(24)20(2)12-8-7-9-18-26(4,5)6/h7,9,11,22,25H,8,10,12-18H2,1-6H3/b9-7-,19-11+,21-20-. The van der Waals surface area contributed by atoms with Crippen molar-refractivity contribution in [3.05, 3.63) is 35.2 Å². The average Bonchev–Trinajstić information content (AvgIpc) is 3.29. The van der Waals surface area contributed by atoms with Crippen molar-refractivity contribution in [1.29, 1.82) is 0 Å². The molecule has 1 rings (SSSR count). The van der Waals surface area contributed by atoms with Crippen LogP contribution in [0.1, 0.15) is 72.1 Å². The Bertz CT molecular complexity index is 521. The van der Waals surface area contributed by atoms with Crippen LogP contribution < -0.4 is 0 Å². The molecule has 1 N–H and O–H groups in total. The number of rotatable bonds is 12. The lowest BCUT2D eigenvalue weighted by Gasteiger charge is -2.17. The number of halogens is 1. The molecule has 0 radical (unpaired) electrons. The van der Waals surface area contributed by atoms with Crippen molar-refractivity contribution >= 4 is 8.07 Å². The summed E-state index contributed by atoms with van der Waals surface area (Å²) >= 11 is 0. The van der Waals surface area contributed by atoms with Gasteiger partial charge in [-0.2, -0.15) is 0 Å². The Morgan fingerprint density at radius 3 is 2.31 bits per heavy atom. The van der Waals surface area contributed by atoms with Crippen LogP contribution in [-0.2, 0) is 0 Å². The van der Waals surface area contributed by atoms with E-state index in [4.69, 9.17) is 0 Å². The third-order valence-corrected chi connectivity index (χ3v) is 7.02. The molecule has 0 aliphatic heterocycles. The average molecular weight is 381 g/mol. The van der Waals surface area contributed by atoms with Gasteiger partial charge >= 0.3 is 0 Å². The van der Waals surface area contributed by atoms with Gasteiger partial charge in [0, 0.05) is 14.5 Å². The van der Waals surface area contributed by atoms with E-state index >= 15 is 0 Å². The molecule has 0 aromatic heterocycles. The van der Waals surface area contributed by atoms with E-state index in [1.54, 1.807) is 0 Å². The highest BCUT2D eigenvalue weighted by atomic mass is 28.3. The van der Waals surface area contributed by atoms with Crippen LogP contribution in [0.4, 0.5) is 4.39 Å². The van der Waals surface area contributed by atoms with E-state index < -0.39 is 8.07 Å². The minimum Gasteiger partial charge on any atom is -0.393 e. The molecule has 26 heavy (non-hydrogen) atoms. The second-order valence-electron chi connectivity index (χ2n) is 9.76. The second-order valence-corrected chi connectivity index (χ2v) is 15.3. The van der Waals surface area contributed by atoms with Crippen LogP contribution in [0.15, 0.2) is 35.2 Å². The molecule has 0 aromatic rings. The zero-order valence-corrected chi connectivity index (χ0v) is 19.0. The Hall–Kier alpha value is -0.673. The third-order valence-electron chi connectivity index (χ3n) is 5.56. The summed E-state index contributed by atoms with van der Waals surface area (Å²) in [5, 5.41) is 10.2. The summed E-state index contributed by atoms with van der Waals surface area (Å²) in [6.45, 7) is 13.3. The highest BCUT2D eigenvalue weighted by Crippen LogP contribution is 2.49. The lowest BCUT2D eigenvalue weighted by Crippen LogP contribution is -2.18. The molecular formula is C23H41FOSi. The lowest BCUT2D eigenvalue weighted by molar-refractivity contribution is 0.0945. The van der Waals surface area contributed by atoms with E-state index in [1.807, 2.05) is 6.92 Å². The molecule has 1 nitrogen and oxygen atoms in total.